The minimum absolute atomic E-state index is 0.000505. The number of thiophene rings is 1. The molecule has 0 amide bonds. The standard InChI is InChI=1S/C49H29N3OS/c1-3-12-30(13-4-1)38-21-11-23-42-39-26-25-35(29-43(39)54-46(38)42)49-51-47(32-15-5-2-6-16-32)50-48(52-49)34-18-9-17-33(28-34)37-20-10-22-40-41-27-24-31-14-7-8-19-36(31)44(41)53-45(37)40/h1-29H/i7D,8D,10D,14D,19D,20D,22D,24D,27D. The summed E-state index contributed by atoms with van der Waals surface area (Å²) in [6.45, 7) is 0. The van der Waals surface area contributed by atoms with Gasteiger partial charge in [0.05, 0.1) is 12.3 Å². The van der Waals surface area contributed by atoms with Crippen LogP contribution in [-0.4, -0.2) is 15.0 Å². The third-order valence-electron chi connectivity index (χ3n) is 9.66. The Labute approximate surface area is 327 Å². The van der Waals surface area contributed by atoms with E-state index in [2.05, 4.69) is 42.5 Å². The molecule has 54 heavy (non-hydrogen) atoms. The Morgan fingerprint density at radius 1 is 0.426 bits per heavy atom. The van der Waals surface area contributed by atoms with Gasteiger partial charge in [-0.1, -0.05) is 158 Å². The number of hydrogen-bond acceptors (Lipinski definition) is 5. The van der Waals surface area contributed by atoms with Gasteiger partial charge in [0.15, 0.2) is 17.5 Å². The zero-order valence-corrected chi connectivity index (χ0v) is 29.0. The first kappa shape index (κ1) is 22.9. The van der Waals surface area contributed by atoms with E-state index in [1.807, 2.05) is 60.7 Å². The molecule has 5 heteroatoms. The van der Waals surface area contributed by atoms with E-state index >= 15 is 0 Å². The first-order chi connectivity index (χ1) is 30.5. The number of nitrogens with zero attached hydrogens (tertiary/aromatic N) is 3. The van der Waals surface area contributed by atoms with Crippen molar-refractivity contribution in [1.82, 2.24) is 15.0 Å². The van der Waals surface area contributed by atoms with E-state index in [0.29, 0.717) is 28.6 Å². The molecule has 0 atom stereocenters. The Hall–Kier alpha value is -6.95. The van der Waals surface area contributed by atoms with Crippen molar-refractivity contribution in [3.8, 4) is 56.4 Å². The molecule has 0 aliphatic rings. The summed E-state index contributed by atoms with van der Waals surface area (Å²) in [6.07, 6.45) is 0. The zero-order chi connectivity index (χ0) is 43.4. The number of benzene rings is 8. The second-order valence-electron chi connectivity index (χ2n) is 12.9. The van der Waals surface area contributed by atoms with Gasteiger partial charge in [-0.3, -0.25) is 0 Å². The van der Waals surface area contributed by atoms with E-state index in [1.165, 1.54) is 10.1 Å². The van der Waals surface area contributed by atoms with Gasteiger partial charge in [0.1, 0.15) is 11.2 Å². The van der Waals surface area contributed by atoms with E-state index in [0.717, 1.165) is 32.3 Å². The topological polar surface area (TPSA) is 51.8 Å². The summed E-state index contributed by atoms with van der Waals surface area (Å²) >= 11 is 1.72. The molecule has 3 heterocycles. The molecule has 4 nitrogen and oxygen atoms in total. The van der Waals surface area contributed by atoms with Gasteiger partial charge in [0.2, 0.25) is 0 Å². The van der Waals surface area contributed by atoms with Crippen molar-refractivity contribution in [1.29, 1.82) is 0 Å². The third-order valence-corrected chi connectivity index (χ3v) is 10.9. The summed E-state index contributed by atoms with van der Waals surface area (Å²) < 4.78 is 87.4. The monoisotopic (exact) mass is 716 g/mol. The lowest BCUT2D eigenvalue weighted by Crippen LogP contribution is -2.00. The SMILES string of the molecule is [2H]c1c([2H])c([2H])c2c(oc3c4c([2H])c([2H])c([2H])c([2H])c4c([2H])c([2H])c32)c1-c1cccc(-c2nc(-c3ccccc3)nc(-c3ccc4c(c3)sc3c(-c5ccccc5)cccc34)n2)c1. The third kappa shape index (κ3) is 5.01. The summed E-state index contributed by atoms with van der Waals surface area (Å²) in [7, 11) is 0. The summed E-state index contributed by atoms with van der Waals surface area (Å²) in [5.74, 6) is 1.24. The Balaban J connectivity index is 1.11. The maximum atomic E-state index is 9.15. The van der Waals surface area contributed by atoms with Gasteiger partial charge in [-0.25, -0.2) is 15.0 Å². The second-order valence-corrected chi connectivity index (χ2v) is 13.9. The van der Waals surface area contributed by atoms with Gasteiger partial charge < -0.3 is 4.42 Å². The average molecular weight is 717 g/mol. The van der Waals surface area contributed by atoms with Gasteiger partial charge in [0, 0.05) is 58.6 Å². The lowest BCUT2D eigenvalue weighted by Gasteiger charge is -2.10. The van der Waals surface area contributed by atoms with Crippen molar-refractivity contribution in [3.63, 3.8) is 0 Å². The summed E-state index contributed by atoms with van der Waals surface area (Å²) in [6, 6.07) is 35.6. The quantitative estimate of drug-likeness (QED) is 0.178. The molecule has 3 aromatic heterocycles. The first-order valence-electron chi connectivity index (χ1n) is 21.8. The lowest BCUT2D eigenvalue weighted by atomic mass is 9.99. The van der Waals surface area contributed by atoms with Crippen molar-refractivity contribution in [2.75, 3.05) is 0 Å². The van der Waals surface area contributed by atoms with Gasteiger partial charge in [-0.15, -0.1) is 11.3 Å². The van der Waals surface area contributed by atoms with Crippen LogP contribution in [-0.2, 0) is 0 Å². The molecule has 11 aromatic rings. The highest BCUT2D eigenvalue weighted by Gasteiger charge is 2.18. The van der Waals surface area contributed by atoms with E-state index < -0.39 is 48.3 Å². The Morgan fingerprint density at radius 3 is 1.93 bits per heavy atom. The molecule has 0 aliphatic heterocycles. The van der Waals surface area contributed by atoms with Crippen molar-refractivity contribution < 1.29 is 16.8 Å². The van der Waals surface area contributed by atoms with Crippen LogP contribution in [0.1, 0.15) is 12.3 Å². The Morgan fingerprint density at radius 2 is 1.09 bits per heavy atom. The molecule has 0 bridgehead atoms. The van der Waals surface area contributed by atoms with Crippen molar-refractivity contribution >= 4 is 64.2 Å². The number of furan rings is 1. The molecular weight excluding hydrogens is 679 g/mol. The van der Waals surface area contributed by atoms with Gasteiger partial charge >= 0.3 is 0 Å². The molecular formula is C49H29N3OS. The first-order valence-corrected chi connectivity index (χ1v) is 18.1. The molecule has 0 aliphatic carbocycles. The zero-order valence-electron chi connectivity index (χ0n) is 37.2. The average Bonchev–Trinajstić information content (AvgIpc) is 3.90. The lowest BCUT2D eigenvalue weighted by molar-refractivity contribution is 0.674. The highest BCUT2D eigenvalue weighted by molar-refractivity contribution is 7.26. The van der Waals surface area contributed by atoms with Gasteiger partial charge in [-0.2, -0.15) is 0 Å². The molecule has 0 radical (unpaired) electrons. The van der Waals surface area contributed by atoms with Crippen molar-refractivity contribution in [2.24, 2.45) is 0 Å². The van der Waals surface area contributed by atoms with Crippen LogP contribution in [0.15, 0.2) is 180 Å². The summed E-state index contributed by atoms with van der Waals surface area (Å²) in [5, 5.41) is 1.96. The number of hydrogen-bond donors (Lipinski definition) is 0. The smallest absolute Gasteiger partial charge is 0.164 e. The number of para-hydroxylation sites is 1. The normalized spacial score (nSPS) is 14.0. The molecule has 0 fully saturated rings. The maximum Gasteiger partial charge on any atom is 0.164 e. The number of fused-ring (bicyclic) bond motifs is 8. The Kier molecular flexibility index (Phi) is 5.22. The van der Waals surface area contributed by atoms with Crippen LogP contribution >= 0.6 is 11.3 Å². The van der Waals surface area contributed by atoms with Crippen molar-refractivity contribution in [2.45, 2.75) is 0 Å². The molecule has 0 saturated heterocycles. The molecule has 0 saturated carbocycles. The van der Waals surface area contributed by atoms with Gasteiger partial charge in [-0.05, 0) is 40.3 Å². The maximum absolute atomic E-state index is 9.15. The predicted molar refractivity (Wildman–Crippen MR) is 225 cm³/mol. The van der Waals surface area contributed by atoms with Crippen LogP contribution in [0.3, 0.4) is 0 Å². The summed E-state index contributed by atoms with van der Waals surface area (Å²) in [4.78, 5) is 14.9. The molecule has 8 aromatic carbocycles. The molecule has 0 unspecified atom stereocenters. The van der Waals surface area contributed by atoms with Crippen LogP contribution in [0, 0.1) is 0 Å². The summed E-state index contributed by atoms with van der Waals surface area (Å²) in [5.41, 5.74) is 4.85. The highest BCUT2D eigenvalue weighted by atomic mass is 32.1. The van der Waals surface area contributed by atoms with Crippen LogP contribution in [0.4, 0.5) is 0 Å². The highest BCUT2D eigenvalue weighted by Crippen LogP contribution is 2.42. The molecule has 11 rings (SSSR count). The Bertz CT molecular complexity index is 3740. The fourth-order valence-electron chi connectivity index (χ4n) is 7.09. The van der Waals surface area contributed by atoms with Gasteiger partial charge in [0.25, 0.3) is 0 Å². The van der Waals surface area contributed by atoms with Crippen LogP contribution in [0.5, 0.6) is 0 Å². The largest absolute Gasteiger partial charge is 0.455 e. The predicted octanol–water partition coefficient (Wildman–Crippen LogP) is 13.6. The van der Waals surface area contributed by atoms with Crippen LogP contribution < -0.4 is 0 Å². The second kappa shape index (κ2) is 12.3. The molecule has 0 spiro atoms. The minimum atomic E-state index is -0.550. The van der Waals surface area contributed by atoms with Crippen LogP contribution in [0.2, 0.25) is 0 Å². The van der Waals surface area contributed by atoms with Crippen LogP contribution in [0.25, 0.3) is 109 Å². The van der Waals surface area contributed by atoms with E-state index in [1.54, 1.807) is 29.5 Å². The minimum Gasteiger partial charge on any atom is -0.455 e. The van der Waals surface area contributed by atoms with E-state index in [4.69, 9.17) is 31.7 Å². The fraction of sp³-hybridized carbons (Fsp3) is 0. The number of aromatic nitrogens is 3. The fourth-order valence-corrected chi connectivity index (χ4v) is 8.36. The van der Waals surface area contributed by atoms with E-state index in [-0.39, 0.29) is 44.3 Å². The molecule has 0 N–H and O–H groups in total. The number of rotatable bonds is 5. The molecule has 252 valence electrons. The van der Waals surface area contributed by atoms with E-state index in [9.17, 15) is 0 Å². The van der Waals surface area contributed by atoms with Crippen molar-refractivity contribution in [3.05, 3.63) is 176 Å².